The summed E-state index contributed by atoms with van der Waals surface area (Å²) in [6.07, 6.45) is 5.00. The molecule has 1 saturated heterocycles. The van der Waals surface area contributed by atoms with Gasteiger partial charge in [-0.3, -0.25) is 9.59 Å². The Morgan fingerprint density at radius 2 is 2.00 bits per heavy atom. The van der Waals surface area contributed by atoms with Crippen molar-refractivity contribution in [2.75, 3.05) is 31.9 Å². The smallest absolute Gasteiger partial charge is 0.259 e. The predicted molar refractivity (Wildman–Crippen MR) is 114 cm³/mol. The minimum atomic E-state index is 0. The van der Waals surface area contributed by atoms with Crippen LogP contribution in [0.3, 0.4) is 0 Å². The number of H-pyrrole nitrogens is 1. The van der Waals surface area contributed by atoms with Crippen LogP contribution in [0.1, 0.15) is 35.5 Å². The Morgan fingerprint density at radius 3 is 2.81 bits per heavy atom. The molecule has 9 heteroatoms. The third-order valence-electron chi connectivity index (χ3n) is 5.04. The lowest BCUT2D eigenvalue weighted by Crippen LogP contribution is -2.46. The maximum absolute atomic E-state index is 12.5. The number of rotatable bonds is 5. The second-order valence-electron chi connectivity index (χ2n) is 6.84. The van der Waals surface area contributed by atoms with Crippen LogP contribution >= 0.6 is 35.5 Å². The van der Waals surface area contributed by atoms with Crippen LogP contribution < -0.4 is 10.9 Å². The Labute approximate surface area is 172 Å². The van der Waals surface area contributed by atoms with Gasteiger partial charge in [0.15, 0.2) is 0 Å². The third kappa shape index (κ3) is 4.67. The van der Waals surface area contributed by atoms with Crippen LogP contribution in [0.4, 0.5) is 0 Å². The first-order chi connectivity index (χ1) is 12.7. The highest BCUT2D eigenvalue weighted by Crippen LogP contribution is 2.33. The van der Waals surface area contributed by atoms with Gasteiger partial charge in [-0.1, -0.05) is 0 Å². The fourth-order valence-corrected chi connectivity index (χ4v) is 5.75. The molecule has 6 nitrogen and oxygen atoms in total. The summed E-state index contributed by atoms with van der Waals surface area (Å²) >= 11 is 3.34. The zero-order valence-electron chi connectivity index (χ0n) is 15.2. The minimum Gasteiger partial charge on any atom is -0.340 e. The number of nitrogens with one attached hydrogen (secondary N) is 2. The number of nitrogens with zero attached hydrogens (tertiary/aromatic N) is 2. The number of hydrogen-bond acceptors (Lipinski definition) is 6. The van der Waals surface area contributed by atoms with Crippen LogP contribution in [0.5, 0.6) is 0 Å². The lowest BCUT2D eigenvalue weighted by atomic mass is 9.97. The van der Waals surface area contributed by atoms with E-state index < -0.39 is 0 Å². The maximum atomic E-state index is 12.5. The Hall–Kier alpha value is -1.09. The molecule has 0 saturated carbocycles. The summed E-state index contributed by atoms with van der Waals surface area (Å²) in [6.45, 7) is 3.37. The van der Waals surface area contributed by atoms with E-state index in [9.17, 15) is 9.59 Å². The van der Waals surface area contributed by atoms with Gasteiger partial charge in [-0.15, -0.1) is 23.7 Å². The first kappa shape index (κ1) is 20.6. The van der Waals surface area contributed by atoms with Gasteiger partial charge < -0.3 is 15.2 Å². The summed E-state index contributed by atoms with van der Waals surface area (Å²) in [5.41, 5.74) is 1.23. The highest BCUT2D eigenvalue weighted by Gasteiger charge is 2.20. The summed E-state index contributed by atoms with van der Waals surface area (Å²) in [4.78, 5) is 36.5. The quantitative estimate of drug-likeness (QED) is 0.714. The number of thioether (sulfide) groups is 1. The number of carbonyl (C=O) groups excluding carboxylic acids is 1. The Balaban J connectivity index is 0.00000210. The number of amides is 1. The number of fused-ring (bicyclic) bond motifs is 3. The van der Waals surface area contributed by atoms with Gasteiger partial charge in [-0.25, -0.2) is 4.98 Å². The first-order valence-corrected chi connectivity index (χ1v) is 11.3. The monoisotopic (exact) mass is 428 g/mol. The van der Waals surface area contributed by atoms with Crippen LogP contribution in [-0.4, -0.2) is 52.7 Å². The van der Waals surface area contributed by atoms with E-state index in [-0.39, 0.29) is 23.9 Å². The molecule has 0 atom stereocenters. The molecular formula is C18H25ClN4O2S2. The van der Waals surface area contributed by atoms with Crippen LogP contribution in [0.15, 0.2) is 4.79 Å². The van der Waals surface area contributed by atoms with Crippen molar-refractivity contribution in [3.8, 4) is 0 Å². The van der Waals surface area contributed by atoms with E-state index in [4.69, 9.17) is 0 Å². The lowest BCUT2D eigenvalue weighted by Gasteiger charge is -2.27. The van der Waals surface area contributed by atoms with Gasteiger partial charge in [0, 0.05) is 43.2 Å². The molecule has 27 heavy (non-hydrogen) atoms. The molecule has 2 aromatic rings. The zero-order valence-corrected chi connectivity index (χ0v) is 17.7. The van der Waals surface area contributed by atoms with Gasteiger partial charge in [-0.2, -0.15) is 11.8 Å². The van der Waals surface area contributed by atoms with Crippen molar-refractivity contribution in [2.24, 2.45) is 0 Å². The molecule has 0 radical (unpaired) electrons. The average Bonchev–Trinajstić information content (AvgIpc) is 3.04. The molecule has 0 aromatic carbocycles. The van der Waals surface area contributed by atoms with Gasteiger partial charge >= 0.3 is 0 Å². The minimum absolute atomic E-state index is 0. The van der Waals surface area contributed by atoms with Crippen molar-refractivity contribution in [2.45, 2.75) is 37.9 Å². The fourth-order valence-electron chi connectivity index (χ4n) is 3.68. The number of thiophene rings is 1. The Bertz CT molecular complexity index is 861. The van der Waals surface area contributed by atoms with Crippen molar-refractivity contribution in [3.05, 3.63) is 26.6 Å². The van der Waals surface area contributed by atoms with E-state index in [1.54, 1.807) is 23.1 Å². The molecule has 0 spiro atoms. The van der Waals surface area contributed by atoms with Crippen LogP contribution in [0.25, 0.3) is 10.2 Å². The Morgan fingerprint density at radius 1 is 1.22 bits per heavy atom. The second-order valence-corrected chi connectivity index (χ2v) is 9.03. The number of aromatic amines is 1. The van der Waals surface area contributed by atoms with Gasteiger partial charge in [0.05, 0.1) is 11.1 Å². The van der Waals surface area contributed by atoms with E-state index in [2.05, 4.69) is 15.3 Å². The number of aromatic nitrogens is 2. The largest absolute Gasteiger partial charge is 0.340 e. The average molecular weight is 429 g/mol. The van der Waals surface area contributed by atoms with Crippen molar-refractivity contribution in [3.63, 3.8) is 0 Å². The number of hydrogen-bond donors (Lipinski definition) is 2. The molecule has 2 aliphatic rings. The predicted octanol–water partition coefficient (Wildman–Crippen LogP) is 2.34. The maximum Gasteiger partial charge on any atom is 0.259 e. The standard InChI is InChI=1S/C18H24N4O2S2.ClH/c23-15(22-8-6-19-7-9-22)5-10-25-11-14-20-17(24)16-12-3-1-2-4-13(12)26-18(16)21-14;/h19H,1-11H2,(H,20,21,24);1H. The lowest BCUT2D eigenvalue weighted by molar-refractivity contribution is -0.131. The SMILES string of the molecule is Cl.O=C(CCSCc1nc2sc3c(c2c(=O)[nH]1)CCCC3)N1CCNCC1. The molecule has 1 aliphatic carbocycles. The van der Waals surface area contributed by atoms with Gasteiger partial charge in [0.2, 0.25) is 5.91 Å². The molecule has 0 bridgehead atoms. The summed E-state index contributed by atoms with van der Waals surface area (Å²) < 4.78 is 0. The van der Waals surface area contributed by atoms with Crippen molar-refractivity contribution in [1.29, 1.82) is 0 Å². The van der Waals surface area contributed by atoms with Crippen molar-refractivity contribution < 1.29 is 4.79 Å². The first-order valence-electron chi connectivity index (χ1n) is 9.32. The molecular weight excluding hydrogens is 404 g/mol. The van der Waals surface area contributed by atoms with Crippen molar-refractivity contribution in [1.82, 2.24) is 20.2 Å². The topological polar surface area (TPSA) is 78.1 Å². The van der Waals surface area contributed by atoms with Gasteiger partial charge in [-0.05, 0) is 31.2 Å². The third-order valence-corrected chi connectivity index (χ3v) is 7.20. The normalized spacial score (nSPS) is 16.8. The summed E-state index contributed by atoms with van der Waals surface area (Å²) in [5.74, 6) is 2.34. The van der Waals surface area contributed by atoms with E-state index in [0.29, 0.717) is 12.2 Å². The second kappa shape index (κ2) is 9.41. The van der Waals surface area contributed by atoms with E-state index in [1.165, 1.54) is 16.9 Å². The molecule has 3 heterocycles. The molecule has 4 rings (SSSR count). The molecule has 1 amide bonds. The molecule has 1 fully saturated rings. The molecule has 0 unspecified atom stereocenters. The van der Waals surface area contributed by atoms with E-state index >= 15 is 0 Å². The van der Waals surface area contributed by atoms with E-state index in [0.717, 1.165) is 67.2 Å². The number of aryl methyl sites for hydroxylation is 2. The highest BCUT2D eigenvalue weighted by molar-refractivity contribution is 7.98. The van der Waals surface area contributed by atoms with Gasteiger partial charge in [0.1, 0.15) is 10.7 Å². The molecule has 148 valence electrons. The number of carbonyl (C=O) groups is 1. The molecule has 2 aromatic heterocycles. The number of halogens is 1. The van der Waals surface area contributed by atoms with Gasteiger partial charge in [0.25, 0.3) is 5.56 Å². The van der Waals surface area contributed by atoms with Crippen LogP contribution in [-0.2, 0) is 23.4 Å². The number of piperazine rings is 1. The van der Waals surface area contributed by atoms with E-state index in [1.807, 2.05) is 4.90 Å². The Kier molecular flexibility index (Phi) is 7.19. The zero-order chi connectivity index (χ0) is 17.9. The van der Waals surface area contributed by atoms with Crippen molar-refractivity contribution >= 4 is 51.6 Å². The summed E-state index contributed by atoms with van der Waals surface area (Å²) in [5, 5.41) is 4.07. The van der Waals surface area contributed by atoms with Crippen LogP contribution in [0, 0.1) is 0 Å². The summed E-state index contributed by atoms with van der Waals surface area (Å²) in [7, 11) is 0. The molecule has 1 aliphatic heterocycles. The highest BCUT2D eigenvalue weighted by atomic mass is 35.5. The molecule has 2 N–H and O–H groups in total. The van der Waals surface area contributed by atoms with Crippen LogP contribution in [0.2, 0.25) is 0 Å². The fraction of sp³-hybridized carbons (Fsp3) is 0.611. The summed E-state index contributed by atoms with van der Waals surface area (Å²) in [6, 6.07) is 0.